The van der Waals surface area contributed by atoms with Gasteiger partial charge < -0.3 is 19.7 Å². The van der Waals surface area contributed by atoms with Crippen molar-refractivity contribution >= 4 is 22.4 Å². The minimum Gasteiger partial charge on any atom is -0.489 e. The van der Waals surface area contributed by atoms with Gasteiger partial charge in [0.1, 0.15) is 42.2 Å². The Balaban J connectivity index is 1.50. The van der Waals surface area contributed by atoms with Gasteiger partial charge in [0.05, 0.1) is 10.9 Å². The summed E-state index contributed by atoms with van der Waals surface area (Å²) in [6.07, 6.45) is 1.54. The van der Waals surface area contributed by atoms with Gasteiger partial charge >= 0.3 is 0 Å². The third-order valence-corrected chi connectivity index (χ3v) is 4.99. The second-order valence-corrected chi connectivity index (χ2v) is 8.13. The summed E-state index contributed by atoms with van der Waals surface area (Å²) in [5.74, 6) is 1.83. The Morgan fingerprint density at radius 1 is 1.00 bits per heavy atom. The summed E-state index contributed by atoms with van der Waals surface area (Å²) < 4.78 is 25.3. The highest BCUT2D eigenvalue weighted by atomic mass is 19.1. The zero-order valence-corrected chi connectivity index (χ0v) is 19.0. The van der Waals surface area contributed by atoms with Crippen LogP contribution in [0.15, 0.2) is 73.1 Å². The summed E-state index contributed by atoms with van der Waals surface area (Å²) in [5, 5.41) is 4.19. The number of ether oxygens (including phenoxy) is 2. The summed E-state index contributed by atoms with van der Waals surface area (Å²) >= 11 is 0. The van der Waals surface area contributed by atoms with E-state index in [4.69, 9.17) is 9.47 Å². The molecule has 33 heavy (non-hydrogen) atoms. The molecule has 0 aliphatic carbocycles. The lowest BCUT2D eigenvalue weighted by Gasteiger charge is -2.20. The molecule has 6 nitrogen and oxygen atoms in total. The fraction of sp³-hybridized carbons (Fsp3) is 0.231. The number of benzene rings is 3. The number of nitrogens with zero attached hydrogens (tertiary/aromatic N) is 3. The lowest BCUT2D eigenvalue weighted by atomic mass is 10.2. The molecule has 1 N–H and O–H groups in total. The van der Waals surface area contributed by atoms with Gasteiger partial charge in [-0.2, -0.15) is 0 Å². The first-order valence-electron chi connectivity index (χ1n) is 10.8. The highest BCUT2D eigenvalue weighted by Gasteiger charge is 2.13. The maximum atomic E-state index is 13.3. The molecule has 170 valence electrons. The molecule has 3 aromatic carbocycles. The Bertz CT molecular complexity index is 1210. The van der Waals surface area contributed by atoms with E-state index in [1.165, 1.54) is 18.5 Å². The summed E-state index contributed by atoms with van der Waals surface area (Å²) in [4.78, 5) is 10.9. The predicted molar refractivity (Wildman–Crippen MR) is 129 cm³/mol. The highest BCUT2D eigenvalue weighted by Crippen LogP contribution is 2.32. The van der Waals surface area contributed by atoms with Crippen molar-refractivity contribution in [3.05, 3.63) is 84.4 Å². The number of hydrogen-bond donors (Lipinski definition) is 1. The molecule has 1 aromatic heterocycles. The van der Waals surface area contributed by atoms with Crippen LogP contribution < -0.4 is 14.8 Å². The van der Waals surface area contributed by atoms with Gasteiger partial charge in [0.15, 0.2) is 0 Å². The second kappa shape index (κ2) is 10.3. The molecule has 4 aromatic rings. The largest absolute Gasteiger partial charge is 0.489 e. The Morgan fingerprint density at radius 3 is 2.55 bits per heavy atom. The van der Waals surface area contributed by atoms with Gasteiger partial charge in [-0.3, -0.25) is 0 Å². The molecule has 0 aliphatic rings. The second-order valence-electron chi connectivity index (χ2n) is 8.13. The third-order valence-electron chi connectivity index (χ3n) is 4.99. The molecule has 0 fully saturated rings. The minimum atomic E-state index is -0.271. The normalized spacial score (nSPS) is 12.0. The Morgan fingerprint density at radius 2 is 1.79 bits per heavy atom. The van der Waals surface area contributed by atoms with Crippen LogP contribution in [0.5, 0.6) is 11.5 Å². The molecule has 0 amide bonds. The van der Waals surface area contributed by atoms with Crippen LogP contribution in [0.3, 0.4) is 0 Å². The Labute approximate surface area is 193 Å². The summed E-state index contributed by atoms with van der Waals surface area (Å²) in [5.41, 5.74) is 2.43. The van der Waals surface area contributed by atoms with Gasteiger partial charge in [-0.05, 0) is 75.1 Å². The van der Waals surface area contributed by atoms with Crippen LogP contribution in [0.1, 0.15) is 12.5 Å². The van der Waals surface area contributed by atoms with Crippen LogP contribution in [0.2, 0.25) is 0 Å². The quantitative estimate of drug-likeness (QED) is 0.370. The molecule has 7 heteroatoms. The SMILES string of the molecule is CC(CN(C)C)Oc1cccc2ncnc(Nc3ccc(OCc4cccc(F)c4)cc3)c12. The monoisotopic (exact) mass is 446 g/mol. The van der Waals surface area contributed by atoms with Gasteiger partial charge in [-0.1, -0.05) is 18.2 Å². The number of aromatic nitrogens is 2. The molecular weight excluding hydrogens is 419 g/mol. The lowest BCUT2D eigenvalue weighted by molar-refractivity contribution is 0.179. The molecule has 1 atom stereocenters. The van der Waals surface area contributed by atoms with Crippen LogP contribution in [-0.4, -0.2) is 41.6 Å². The fourth-order valence-corrected chi connectivity index (χ4v) is 3.60. The van der Waals surface area contributed by atoms with E-state index in [-0.39, 0.29) is 11.9 Å². The van der Waals surface area contributed by atoms with Crippen molar-refractivity contribution in [2.75, 3.05) is 26.0 Å². The minimum absolute atomic E-state index is 0.00757. The molecule has 1 heterocycles. The Hall–Kier alpha value is -3.71. The van der Waals surface area contributed by atoms with E-state index < -0.39 is 0 Å². The van der Waals surface area contributed by atoms with Gasteiger partial charge in [-0.15, -0.1) is 0 Å². The van der Waals surface area contributed by atoms with E-state index in [0.29, 0.717) is 18.2 Å². The van der Waals surface area contributed by atoms with Gasteiger partial charge in [-0.25, -0.2) is 14.4 Å². The fourth-order valence-electron chi connectivity index (χ4n) is 3.60. The molecule has 4 rings (SSSR count). The van der Waals surface area contributed by atoms with E-state index >= 15 is 0 Å². The van der Waals surface area contributed by atoms with Crippen molar-refractivity contribution < 1.29 is 13.9 Å². The standard InChI is InChI=1S/C26H27FN4O2/c1-18(15-31(2)3)33-24-9-5-8-23-25(24)26(29-17-28-23)30-21-10-12-22(13-11-21)32-16-19-6-4-7-20(27)14-19/h4-14,17-18H,15-16H2,1-3H3,(H,28,29,30). The molecule has 0 aliphatic heterocycles. The molecule has 1 unspecified atom stereocenters. The van der Waals surface area contributed by atoms with E-state index in [9.17, 15) is 4.39 Å². The zero-order valence-electron chi connectivity index (χ0n) is 19.0. The van der Waals surface area contributed by atoms with E-state index in [1.54, 1.807) is 6.07 Å². The summed E-state index contributed by atoms with van der Waals surface area (Å²) in [6.45, 7) is 3.13. The van der Waals surface area contributed by atoms with Crippen molar-refractivity contribution in [2.45, 2.75) is 19.6 Å². The van der Waals surface area contributed by atoms with Crippen molar-refractivity contribution in [1.82, 2.24) is 14.9 Å². The van der Waals surface area contributed by atoms with Crippen molar-refractivity contribution in [1.29, 1.82) is 0 Å². The van der Waals surface area contributed by atoms with Crippen LogP contribution in [0, 0.1) is 5.82 Å². The third kappa shape index (κ3) is 5.96. The maximum absolute atomic E-state index is 13.3. The first-order valence-corrected chi connectivity index (χ1v) is 10.8. The summed E-state index contributed by atoms with van der Waals surface area (Å²) in [6, 6.07) is 19.7. The number of fused-ring (bicyclic) bond motifs is 1. The van der Waals surface area contributed by atoms with Crippen molar-refractivity contribution in [3.8, 4) is 11.5 Å². The maximum Gasteiger partial charge on any atom is 0.145 e. The molecular formula is C26H27FN4O2. The van der Waals surface area contributed by atoms with Gasteiger partial charge in [0, 0.05) is 12.2 Å². The number of likely N-dealkylation sites (N-methyl/N-ethyl adjacent to an activating group) is 1. The molecule has 0 radical (unpaired) electrons. The molecule has 0 saturated heterocycles. The molecule has 0 spiro atoms. The van der Waals surface area contributed by atoms with Crippen molar-refractivity contribution in [2.24, 2.45) is 0 Å². The predicted octanol–water partition coefficient (Wildman–Crippen LogP) is 5.42. The zero-order chi connectivity index (χ0) is 23.2. The smallest absolute Gasteiger partial charge is 0.145 e. The van der Waals surface area contributed by atoms with Crippen LogP contribution in [0.4, 0.5) is 15.9 Å². The molecule has 0 saturated carbocycles. The van der Waals surface area contributed by atoms with Crippen LogP contribution in [-0.2, 0) is 6.61 Å². The lowest BCUT2D eigenvalue weighted by Crippen LogP contribution is -2.28. The highest BCUT2D eigenvalue weighted by molar-refractivity contribution is 5.95. The Kier molecular flexibility index (Phi) is 7.00. The number of anilines is 2. The van der Waals surface area contributed by atoms with E-state index in [2.05, 4.69) is 20.2 Å². The van der Waals surface area contributed by atoms with E-state index in [0.717, 1.165) is 34.4 Å². The first-order chi connectivity index (χ1) is 16.0. The topological polar surface area (TPSA) is 59.5 Å². The average Bonchev–Trinajstić information content (AvgIpc) is 2.78. The van der Waals surface area contributed by atoms with Crippen molar-refractivity contribution in [3.63, 3.8) is 0 Å². The number of nitrogens with one attached hydrogen (secondary N) is 1. The van der Waals surface area contributed by atoms with Gasteiger partial charge in [0.25, 0.3) is 0 Å². The first kappa shape index (κ1) is 22.5. The summed E-state index contributed by atoms with van der Waals surface area (Å²) in [7, 11) is 4.04. The molecule has 0 bridgehead atoms. The number of hydrogen-bond acceptors (Lipinski definition) is 6. The van der Waals surface area contributed by atoms with E-state index in [1.807, 2.05) is 69.6 Å². The van der Waals surface area contributed by atoms with Crippen LogP contribution in [0.25, 0.3) is 10.9 Å². The van der Waals surface area contributed by atoms with Gasteiger partial charge in [0.2, 0.25) is 0 Å². The number of halogens is 1. The average molecular weight is 447 g/mol. The van der Waals surface area contributed by atoms with Crippen LogP contribution >= 0.6 is 0 Å². The number of rotatable bonds is 9.